The van der Waals surface area contributed by atoms with Gasteiger partial charge in [-0.15, -0.1) is 0 Å². The third-order valence-electron chi connectivity index (χ3n) is 4.91. The van der Waals surface area contributed by atoms with Crippen molar-refractivity contribution in [2.75, 3.05) is 0 Å². The van der Waals surface area contributed by atoms with E-state index in [0.717, 1.165) is 12.8 Å². The molecule has 0 aliphatic heterocycles. The molecule has 0 spiro atoms. The van der Waals surface area contributed by atoms with E-state index in [2.05, 4.69) is 89.3 Å². The van der Waals surface area contributed by atoms with Crippen LogP contribution in [0.1, 0.15) is 64.5 Å². The molecule has 0 aromatic heterocycles. The SMILES string of the molecule is CC1=C(C)CC(C2=CCCC=C2)(c2ccc(C)cc2)C=C1.CCC. The number of rotatable bonds is 2. The standard InChI is InChI=1S/C21H24.C3H8/c1-16-9-11-20(12-10-16)21(19-7-5-4-6-8-19)14-13-17(2)18(3)15-21;1-3-2/h5,7-14H,4,6,15H2,1-3H3;3H2,1-2H3. The van der Waals surface area contributed by atoms with Gasteiger partial charge in [0, 0.05) is 5.41 Å². The lowest BCUT2D eigenvalue weighted by Gasteiger charge is -2.37. The van der Waals surface area contributed by atoms with Crippen LogP contribution in [-0.2, 0) is 5.41 Å². The Morgan fingerprint density at radius 3 is 2.12 bits per heavy atom. The van der Waals surface area contributed by atoms with E-state index in [1.807, 2.05) is 0 Å². The van der Waals surface area contributed by atoms with Gasteiger partial charge < -0.3 is 0 Å². The van der Waals surface area contributed by atoms with Gasteiger partial charge in [0.1, 0.15) is 0 Å². The van der Waals surface area contributed by atoms with Crippen LogP contribution in [0, 0.1) is 6.92 Å². The monoisotopic (exact) mass is 320 g/mol. The minimum absolute atomic E-state index is 0.0220. The number of benzene rings is 1. The van der Waals surface area contributed by atoms with Crippen molar-refractivity contribution in [3.05, 3.63) is 82.5 Å². The van der Waals surface area contributed by atoms with Crippen LogP contribution in [0.4, 0.5) is 0 Å². The van der Waals surface area contributed by atoms with E-state index >= 15 is 0 Å². The van der Waals surface area contributed by atoms with E-state index in [-0.39, 0.29) is 5.41 Å². The van der Waals surface area contributed by atoms with Crippen molar-refractivity contribution in [3.8, 4) is 0 Å². The highest BCUT2D eigenvalue weighted by atomic mass is 14.4. The Morgan fingerprint density at radius 2 is 1.58 bits per heavy atom. The molecule has 1 aromatic rings. The summed E-state index contributed by atoms with van der Waals surface area (Å²) in [4.78, 5) is 0. The molecule has 3 rings (SSSR count). The Morgan fingerprint density at radius 1 is 0.917 bits per heavy atom. The quantitative estimate of drug-likeness (QED) is 0.539. The molecule has 0 saturated heterocycles. The number of hydrogen-bond acceptors (Lipinski definition) is 0. The molecule has 0 heterocycles. The summed E-state index contributed by atoms with van der Waals surface area (Å²) in [6.07, 6.45) is 16.5. The maximum absolute atomic E-state index is 2.43. The predicted octanol–water partition coefficient (Wildman–Crippen LogP) is 7.22. The van der Waals surface area contributed by atoms with Crippen molar-refractivity contribution in [2.24, 2.45) is 0 Å². The molecule has 128 valence electrons. The Labute approximate surface area is 148 Å². The Balaban J connectivity index is 0.000000647. The molecule has 0 heteroatoms. The van der Waals surface area contributed by atoms with Crippen molar-refractivity contribution in [1.82, 2.24) is 0 Å². The zero-order valence-corrected chi connectivity index (χ0v) is 16.0. The zero-order valence-electron chi connectivity index (χ0n) is 16.0. The summed E-state index contributed by atoms with van der Waals surface area (Å²) in [5.74, 6) is 0. The smallest absolute Gasteiger partial charge is 0.0418 e. The molecule has 2 aliphatic carbocycles. The molecule has 0 N–H and O–H groups in total. The second-order valence-electron chi connectivity index (χ2n) is 7.16. The first-order chi connectivity index (χ1) is 11.5. The normalized spacial score (nSPS) is 22.8. The summed E-state index contributed by atoms with van der Waals surface area (Å²) >= 11 is 0. The van der Waals surface area contributed by atoms with Crippen molar-refractivity contribution < 1.29 is 0 Å². The highest BCUT2D eigenvalue weighted by Gasteiger charge is 2.35. The first-order valence-corrected chi connectivity index (χ1v) is 9.33. The van der Waals surface area contributed by atoms with E-state index in [0.29, 0.717) is 0 Å². The van der Waals surface area contributed by atoms with Crippen LogP contribution in [-0.4, -0.2) is 0 Å². The van der Waals surface area contributed by atoms with E-state index in [4.69, 9.17) is 0 Å². The maximum atomic E-state index is 2.43. The molecule has 1 atom stereocenters. The lowest BCUT2D eigenvalue weighted by atomic mass is 9.66. The van der Waals surface area contributed by atoms with Crippen LogP contribution in [0.3, 0.4) is 0 Å². The third-order valence-corrected chi connectivity index (χ3v) is 4.91. The summed E-state index contributed by atoms with van der Waals surface area (Å²) in [6.45, 7) is 10.9. The number of aryl methyl sites for hydroxylation is 1. The highest BCUT2D eigenvalue weighted by molar-refractivity contribution is 5.53. The second kappa shape index (κ2) is 8.33. The topological polar surface area (TPSA) is 0 Å². The van der Waals surface area contributed by atoms with Gasteiger partial charge in [-0.3, -0.25) is 0 Å². The van der Waals surface area contributed by atoms with Crippen LogP contribution < -0.4 is 0 Å². The second-order valence-corrected chi connectivity index (χ2v) is 7.16. The molecular weight excluding hydrogens is 288 g/mol. The molecular formula is C24H32. The van der Waals surface area contributed by atoms with Crippen LogP contribution >= 0.6 is 0 Å². The number of hydrogen-bond donors (Lipinski definition) is 0. The first-order valence-electron chi connectivity index (χ1n) is 9.33. The van der Waals surface area contributed by atoms with Crippen LogP contribution in [0.15, 0.2) is 71.4 Å². The van der Waals surface area contributed by atoms with Gasteiger partial charge in [-0.2, -0.15) is 0 Å². The Kier molecular flexibility index (Phi) is 6.43. The summed E-state index contributed by atoms with van der Waals surface area (Å²) in [7, 11) is 0. The Bertz CT molecular complexity index is 664. The molecule has 24 heavy (non-hydrogen) atoms. The molecule has 2 aliphatic rings. The van der Waals surface area contributed by atoms with Crippen LogP contribution in [0.2, 0.25) is 0 Å². The van der Waals surface area contributed by atoms with Gasteiger partial charge in [-0.1, -0.05) is 91.6 Å². The predicted molar refractivity (Wildman–Crippen MR) is 107 cm³/mol. The maximum Gasteiger partial charge on any atom is 0.0418 e. The fraction of sp³-hybridized carbons (Fsp3) is 0.417. The molecule has 0 radical (unpaired) electrons. The van der Waals surface area contributed by atoms with Crippen molar-refractivity contribution >= 4 is 0 Å². The average molecular weight is 321 g/mol. The highest BCUT2D eigenvalue weighted by Crippen LogP contribution is 2.44. The summed E-state index contributed by atoms with van der Waals surface area (Å²) in [5.41, 5.74) is 7.13. The fourth-order valence-electron chi connectivity index (χ4n) is 3.38. The average Bonchev–Trinajstić information content (AvgIpc) is 2.60. The molecule has 0 nitrogen and oxygen atoms in total. The van der Waals surface area contributed by atoms with Gasteiger partial charge in [0.2, 0.25) is 0 Å². The van der Waals surface area contributed by atoms with E-state index in [1.54, 1.807) is 0 Å². The minimum atomic E-state index is 0.0220. The summed E-state index contributed by atoms with van der Waals surface area (Å²) < 4.78 is 0. The molecule has 0 amide bonds. The van der Waals surface area contributed by atoms with Gasteiger partial charge in [0.25, 0.3) is 0 Å². The lowest BCUT2D eigenvalue weighted by Crippen LogP contribution is -2.28. The van der Waals surface area contributed by atoms with Gasteiger partial charge in [0.05, 0.1) is 0 Å². The van der Waals surface area contributed by atoms with Crippen molar-refractivity contribution in [2.45, 2.75) is 65.7 Å². The minimum Gasteiger partial charge on any atom is -0.0839 e. The Hall–Kier alpha value is -1.82. The van der Waals surface area contributed by atoms with Gasteiger partial charge in [-0.05, 0) is 51.2 Å². The molecule has 1 aromatic carbocycles. The van der Waals surface area contributed by atoms with Crippen LogP contribution in [0.25, 0.3) is 0 Å². The van der Waals surface area contributed by atoms with E-state index in [1.165, 1.54) is 40.7 Å². The van der Waals surface area contributed by atoms with Crippen molar-refractivity contribution in [3.63, 3.8) is 0 Å². The van der Waals surface area contributed by atoms with Crippen molar-refractivity contribution in [1.29, 1.82) is 0 Å². The first kappa shape index (κ1) is 18.5. The molecule has 1 unspecified atom stereocenters. The largest absolute Gasteiger partial charge is 0.0839 e. The van der Waals surface area contributed by atoms with Gasteiger partial charge in [0.15, 0.2) is 0 Å². The van der Waals surface area contributed by atoms with E-state index < -0.39 is 0 Å². The third kappa shape index (κ3) is 3.98. The molecule has 0 bridgehead atoms. The van der Waals surface area contributed by atoms with Gasteiger partial charge >= 0.3 is 0 Å². The molecule has 0 saturated carbocycles. The number of allylic oxidation sites excluding steroid dienone is 8. The summed E-state index contributed by atoms with van der Waals surface area (Å²) in [5, 5.41) is 0. The van der Waals surface area contributed by atoms with Gasteiger partial charge in [-0.25, -0.2) is 0 Å². The summed E-state index contributed by atoms with van der Waals surface area (Å²) in [6, 6.07) is 9.07. The zero-order chi connectivity index (χ0) is 17.6. The molecule has 0 fully saturated rings. The van der Waals surface area contributed by atoms with E-state index in [9.17, 15) is 0 Å². The fourth-order valence-corrected chi connectivity index (χ4v) is 3.38. The van der Waals surface area contributed by atoms with Crippen LogP contribution in [0.5, 0.6) is 0 Å². The lowest BCUT2D eigenvalue weighted by molar-refractivity contribution is 0.613.